The highest BCUT2D eigenvalue weighted by Gasteiger charge is 2.31. The second-order valence-electron chi connectivity index (χ2n) is 5.76. The van der Waals surface area contributed by atoms with E-state index in [0.717, 1.165) is 24.8 Å². The lowest BCUT2D eigenvalue weighted by atomic mass is 9.94. The molecular weight excluding hydrogens is 283 g/mol. The van der Waals surface area contributed by atoms with Crippen molar-refractivity contribution in [1.29, 1.82) is 0 Å². The smallest absolute Gasteiger partial charge is 0.259 e. The van der Waals surface area contributed by atoms with Crippen molar-refractivity contribution in [2.75, 3.05) is 6.54 Å². The van der Waals surface area contributed by atoms with Gasteiger partial charge in [-0.05, 0) is 50.8 Å². The number of carbonyl (C=O) groups excluding carboxylic acids is 1. The van der Waals surface area contributed by atoms with Crippen LogP contribution >= 0.6 is 0 Å². The Bertz CT molecular complexity index is 659. The summed E-state index contributed by atoms with van der Waals surface area (Å²) in [6, 6.07) is 6.40. The molecule has 0 bridgehead atoms. The Morgan fingerprint density at radius 1 is 1.27 bits per heavy atom. The summed E-state index contributed by atoms with van der Waals surface area (Å²) >= 11 is 0. The molecule has 2 aromatic rings. The van der Waals surface area contributed by atoms with Gasteiger partial charge in [-0.25, -0.2) is 4.39 Å². The van der Waals surface area contributed by atoms with Gasteiger partial charge in [0.15, 0.2) is 0 Å². The summed E-state index contributed by atoms with van der Waals surface area (Å²) < 4.78 is 18.3. The zero-order valence-corrected chi connectivity index (χ0v) is 12.8. The van der Waals surface area contributed by atoms with Gasteiger partial charge in [0.25, 0.3) is 5.91 Å². The quantitative estimate of drug-likeness (QED) is 0.847. The summed E-state index contributed by atoms with van der Waals surface area (Å²) in [5.41, 5.74) is 2.14. The van der Waals surface area contributed by atoms with Gasteiger partial charge < -0.3 is 9.42 Å². The van der Waals surface area contributed by atoms with E-state index in [0.29, 0.717) is 23.6 Å². The van der Waals surface area contributed by atoms with E-state index in [1.165, 1.54) is 12.1 Å². The maximum atomic E-state index is 13.1. The van der Waals surface area contributed by atoms with Crippen LogP contribution in [0.1, 0.15) is 52.7 Å². The summed E-state index contributed by atoms with van der Waals surface area (Å²) in [5, 5.41) is 3.87. The normalized spacial score (nSPS) is 18.5. The summed E-state index contributed by atoms with van der Waals surface area (Å²) in [7, 11) is 0. The van der Waals surface area contributed by atoms with Crippen molar-refractivity contribution in [2.24, 2.45) is 0 Å². The monoisotopic (exact) mass is 302 g/mol. The molecule has 22 heavy (non-hydrogen) atoms. The third-order valence-electron chi connectivity index (χ3n) is 4.27. The minimum atomic E-state index is -0.261. The third kappa shape index (κ3) is 2.63. The molecule has 3 rings (SSSR count). The highest BCUT2D eigenvalue weighted by Crippen LogP contribution is 2.33. The maximum Gasteiger partial charge on any atom is 0.259 e. The fourth-order valence-corrected chi connectivity index (χ4v) is 3.14. The van der Waals surface area contributed by atoms with E-state index in [1.54, 1.807) is 26.0 Å². The number of aryl methyl sites for hydroxylation is 2. The number of piperidine rings is 1. The van der Waals surface area contributed by atoms with Crippen molar-refractivity contribution in [3.8, 4) is 0 Å². The molecule has 116 valence electrons. The van der Waals surface area contributed by atoms with Gasteiger partial charge in [0.1, 0.15) is 17.1 Å². The van der Waals surface area contributed by atoms with E-state index in [4.69, 9.17) is 4.52 Å². The lowest BCUT2D eigenvalue weighted by Gasteiger charge is -2.36. The molecule has 2 heterocycles. The minimum absolute atomic E-state index is 0.0180. The van der Waals surface area contributed by atoms with Crippen LogP contribution in [0.4, 0.5) is 4.39 Å². The van der Waals surface area contributed by atoms with Crippen molar-refractivity contribution >= 4 is 5.91 Å². The standard InChI is InChI=1S/C17H19FN2O2/c1-11-16(12(2)22-19-11)17(21)20-10-4-3-5-15(20)13-6-8-14(18)9-7-13/h6-9,15H,3-5,10H2,1-2H3/t15-/m1/s1. The molecule has 0 saturated carbocycles. The molecule has 0 radical (unpaired) electrons. The average Bonchev–Trinajstić information content (AvgIpc) is 2.86. The fourth-order valence-electron chi connectivity index (χ4n) is 3.14. The van der Waals surface area contributed by atoms with Gasteiger partial charge in [0.05, 0.1) is 11.7 Å². The maximum absolute atomic E-state index is 13.1. The largest absolute Gasteiger partial charge is 0.361 e. The number of halogens is 1. The zero-order valence-electron chi connectivity index (χ0n) is 12.8. The van der Waals surface area contributed by atoms with Crippen LogP contribution in [0.25, 0.3) is 0 Å². The molecule has 0 N–H and O–H groups in total. The van der Waals surface area contributed by atoms with Gasteiger partial charge in [0, 0.05) is 6.54 Å². The van der Waals surface area contributed by atoms with Crippen molar-refractivity contribution in [3.05, 3.63) is 52.7 Å². The van der Waals surface area contributed by atoms with Gasteiger partial charge in [0.2, 0.25) is 0 Å². The van der Waals surface area contributed by atoms with Crippen LogP contribution in [0.5, 0.6) is 0 Å². The molecule has 4 nitrogen and oxygen atoms in total. The van der Waals surface area contributed by atoms with Crippen molar-refractivity contribution in [1.82, 2.24) is 10.1 Å². The molecule has 5 heteroatoms. The van der Waals surface area contributed by atoms with Crippen molar-refractivity contribution < 1.29 is 13.7 Å². The number of hydrogen-bond acceptors (Lipinski definition) is 3. The fraction of sp³-hybridized carbons (Fsp3) is 0.412. The van der Waals surface area contributed by atoms with Crippen LogP contribution in [0, 0.1) is 19.7 Å². The molecule has 1 aliphatic rings. The molecule has 0 spiro atoms. The Hall–Kier alpha value is -2.17. The number of rotatable bonds is 2. The molecule has 1 aromatic heterocycles. The number of likely N-dealkylation sites (tertiary alicyclic amines) is 1. The predicted molar refractivity (Wildman–Crippen MR) is 80.0 cm³/mol. The van der Waals surface area contributed by atoms with E-state index in [-0.39, 0.29) is 17.8 Å². The lowest BCUT2D eigenvalue weighted by Crippen LogP contribution is -2.38. The van der Waals surface area contributed by atoms with E-state index in [1.807, 2.05) is 4.90 Å². The van der Waals surface area contributed by atoms with Gasteiger partial charge in [-0.15, -0.1) is 0 Å². The summed E-state index contributed by atoms with van der Waals surface area (Å²) in [4.78, 5) is 14.8. The van der Waals surface area contributed by atoms with Gasteiger partial charge in [-0.2, -0.15) is 0 Å². The number of benzene rings is 1. The summed E-state index contributed by atoms with van der Waals surface area (Å²) in [6.45, 7) is 4.23. The second-order valence-corrected chi connectivity index (χ2v) is 5.76. The molecule has 1 amide bonds. The van der Waals surface area contributed by atoms with Gasteiger partial charge in [-0.3, -0.25) is 4.79 Å². The second kappa shape index (κ2) is 5.91. The first-order chi connectivity index (χ1) is 10.6. The van der Waals surface area contributed by atoms with E-state index < -0.39 is 0 Å². The van der Waals surface area contributed by atoms with Crippen LogP contribution in [0.3, 0.4) is 0 Å². The molecular formula is C17H19FN2O2. The van der Waals surface area contributed by atoms with Gasteiger partial charge in [-0.1, -0.05) is 17.3 Å². The van der Waals surface area contributed by atoms with Crippen LogP contribution in [-0.2, 0) is 0 Å². The SMILES string of the molecule is Cc1noc(C)c1C(=O)N1CCCC[C@@H]1c1ccc(F)cc1. The van der Waals surface area contributed by atoms with Gasteiger partial charge >= 0.3 is 0 Å². The number of amides is 1. The Morgan fingerprint density at radius 2 is 2.00 bits per heavy atom. The summed E-state index contributed by atoms with van der Waals surface area (Å²) in [5.74, 6) is 0.236. The van der Waals surface area contributed by atoms with Crippen LogP contribution in [-0.4, -0.2) is 22.5 Å². The average molecular weight is 302 g/mol. The lowest BCUT2D eigenvalue weighted by molar-refractivity contribution is 0.0609. The molecule has 0 aliphatic carbocycles. The molecule has 1 aliphatic heterocycles. The van der Waals surface area contributed by atoms with E-state index in [2.05, 4.69) is 5.16 Å². The van der Waals surface area contributed by atoms with E-state index in [9.17, 15) is 9.18 Å². The minimum Gasteiger partial charge on any atom is -0.361 e. The van der Waals surface area contributed by atoms with E-state index >= 15 is 0 Å². The number of nitrogens with zero attached hydrogens (tertiary/aromatic N) is 2. The first-order valence-electron chi connectivity index (χ1n) is 7.57. The topological polar surface area (TPSA) is 46.3 Å². The Kier molecular flexibility index (Phi) is 3.96. The van der Waals surface area contributed by atoms with Crippen molar-refractivity contribution in [3.63, 3.8) is 0 Å². The zero-order chi connectivity index (χ0) is 15.7. The Labute approximate surface area is 128 Å². The molecule has 1 aromatic carbocycles. The Morgan fingerprint density at radius 3 is 2.64 bits per heavy atom. The predicted octanol–water partition coefficient (Wildman–Crippen LogP) is 3.80. The summed E-state index contributed by atoms with van der Waals surface area (Å²) in [6.07, 6.45) is 2.93. The first kappa shape index (κ1) is 14.8. The molecule has 1 fully saturated rings. The van der Waals surface area contributed by atoms with Crippen LogP contribution < -0.4 is 0 Å². The highest BCUT2D eigenvalue weighted by molar-refractivity contribution is 5.96. The Balaban J connectivity index is 1.93. The van der Waals surface area contributed by atoms with Crippen LogP contribution in [0.2, 0.25) is 0 Å². The number of hydrogen-bond donors (Lipinski definition) is 0. The highest BCUT2D eigenvalue weighted by atomic mass is 19.1. The third-order valence-corrected chi connectivity index (χ3v) is 4.27. The molecule has 0 unspecified atom stereocenters. The molecule has 1 saturated heterocycles. The first-order valence-corrected chi connectivity index (χ1v) is 7.57. The van der Waals surface area contributed by atoms with Crippen LogP contribution in [0.15, 0.2) is 28.8 Å². The van der Waals surface area contributed by atoms with Crippen molar-refractivity contribution in [2.45, 2.75) is 39.2 Å². The number of carbonyl (C=O) groups is 1. The molecule has 1 atom stereocenters. The number of aromatic nitrogens is 1.